The van der Waals surface area contributed by atoms with Gasteiger partial charge < -0.3 is 41.3 Å². The predicted octanol–water partition coefficient (Wildman–Crippen LogP) is 4.16. The Hall–Kier alpha value is -1.75. The number of allylic oxidation sites excluding steroid dienone is 3. The van der Waals surface area contributed by atoms with E-state index in [2.05, 4.69) is 18.3 Å². The summed E-state index contributed by atoms with van der Waals surface area (Å²) in [6.45, 7) is 7.88. The van der Waals surface area contributed by atoms with E-state index in [1.807, 2.05) is 13.0 Å². The van der Waals surface area contributed by atoms with E-state index < -0.39 is 45.9 Å². The third-order valence-corrected chi connectivity index (χ3v) is 15.9. The number of hydrogen-bond donors (Lipinski definition) is 7. The number of aliphatic hydroxyl groups is 5. The quantitative estimate of drug-likeness (QED) is 0.177. The molecule has 0 aromatic heterocycles. The fourth-order valence-electron chi connectivity index (χ4n) is 12.6. The maximum Gasteiger partial charge on any atom is 0.159 e. The van der Waals surface area contributed by atoms with Gasteiger partial charge in [0.05, 0.1) is 35.3 Å². The highest BCUT2D eigenvalue weighted by atomic mass is 16.6. The van der Waals surface area contributed by atoms with Gasteiger partial charge in [0.15, 0.2) is 5.78 Å². The Morgan fingerprint density at radius 1 is 0.980 bits per heavy atom. The largest absolute Gasteiger partial charge is 0.396 e. The first-order chi connectivity index (χ1) is 23.0. The third-order valence-electron chi connectivity index (χ3n) is 15.9. The van der Waals surface area contributed by atoms with Gasteiger partial charge in [-0.2, -0.15) is 0 Å². The lowest BCUT2D eigenvalue weighted by atomic mass is 9.42. The van der Waals surface area contributed by atoms with Crippen LogP contribution in [0.5, 0.6) is 0 Å². The molecule has 5 aliphatic carbocycles. The van der Waals surface area contributed by atoms with Crippen molar-refractivity contribution in [3.8, 4) is 0 Å². The van der Waals surface area contributed by atoms with E-state index in [-0.39, 0.29) is 35.6 Å². The van der Waals surface area contributed by atoms with Crippen LogP contribution in [0.3, 0.4) is 0 Å². The van der Waals surface area contributed by atoms with E-state index in [0.717, 1.165) is 43.3 Å². The number of carbonyl (C=O) groups is 1. The topological polar surface area (TPSA) is 169 Å². The van der Waals surface area contributed by atoms with E-state index in [1.54, 1.807) is 19.9 Å². The van der Waals surface area contributed by atoms with Crippen LogP contribution in [0, 0.1) is 39.9 Å². The number of dihydropyridines is 1. The molecular formula is C40H62N2O7. The van der Waals surface area contributed by atoms with Gasteiger partial charge in [0, 0.05) is 23.3 Å². The Balaban J connectivity index is 1.14. The third kappa shape index (κ3) is 5.26. The van der Waals surface area contributed by atoms with E-state index in [9.17, 15) is 30.3 Å². The van der Waals surface area contributed by atoms with Crippen LogP contribution in [0.1, 0.15) is 118 Å². The van der Waals surface area contributed by atoms with Gasteiger partial charge in [-0.05, 0) is 131 Å². The van der Waals surface area contributed by atoms with Gasteiger partial charge >= 0.3 is 0 Å². The summed E-state index contributed by atoms with van der Waals surface area (Å²) in [5.41, 5.74) is 2.07. The molecular weight excluding hydrogens is 620 g/mol. The predicted molar refractivity (Wildman–Crippen MR) is 187 cm³/mol. The molecule has 9 nitrogen and oxygen atoms in total. The Labute approximate surface area is 292 Å². The van der Waals surface area contributed by atoms with Crippen molar-refractivity contribution < 1.29 is 35.1 Å². The average Bonchev–Trinajstić information content (AvgIpc) is 3.85. The molecule has 4 saturated carbocycles. The van der Waals surface area contributed by atoms with E-state index >= 15 is 0 Å². The monoisotopic (exact) mass is 682 g/mol. The van der Waals surface area contributed by atoms with Crippen LogP contribution in [0.15, 0.2) is 35.2 Å². The van der Waals surface area contributed by atoms with E-state index in [0.29, 0.717) is 56.8 Å². The molecule has 0 unspecified atom stereocenters. The molecule has 0 bridgehead atoms. The zero-order chi connectivity index (χ0) is 35.2. The van der Waals surface area contributed by atoms with Crippen molar-refractivity contribution in [3.05, 3.63) is 35.2 Å². The lowest BCUT2D eigenvalue weighted by molar-refractivity contribution is -0.165. The molecule has 0 amide bonds. The van der Waals surface area contributed by atoms with Crippen molar-refractivity contribution in [1.82, 2.24) is 5.32 Å². The van der Waals surface area contributed by atoms with Crippen LogP contribution >= 0.6 is 0 Å². The molecule has 2 heterocycles. The summed E-state index contributed by atoms with van der Waals surface area (Å²) in [6, 6.07) is 0. The summed E-state index contributed by atoms with van der Waals surface area (Å²) >= 11 is 0. The average molecular weight is 683 g/mol. The molecule has 7 aliphatic rings. The van der Waals surface area contributed by atoms with E-state index in [4.69, 9.17) is 10.5 Å². The lowest BCUT2D eigenvalue weighted by Crippen LogP contribution is -2.63. The second-order valence-electron chi connectivity index (χ2n) is 18.2. The van der Waals surface area contributed by atoms with Crippen LogP contribution < -0.4 is 11.1 Å². The molecule has 0 spiro atoms. The smallest absolute Gasteiger partial charge is 0.159 e. The lowest BCUT2D eigenvalue weighted by Gasteiger charge is -2.63. The molecule has 0 aromatic rings. The highest BCUT2D eigenvalue weighted by Gasteiger charge is 2.73. The van der Waals surface area contributed by atoms with E-state index in [1.165, 1.54) is 19.3 Å². The molecule has 2 aliphatic heterocycles. The molecule has 7 rings (SSSR count). The number of epoxide rings is 1. The molecule has 9 heteroatoms. The van der Waals surface area contributed by atoms with Crippen molar-refractivity contribution >= 4 is 5.78 Å². The molecule has 49 heavy (non-hydrogen) atoms. The molecule has 0 aromatic carbocycles. The van der Waals surface area contributed by atoms with Crippen LogP contribution in [-0.2, 0) is 9.53 Å². The van der Waals surface area contributed by atoms with Crippen molar-refractivity contribution in [1.29, 1.82) is 0 Å². The zero-order valence-electron chi connectivity index (χ0n) is 30.2. The number of hydrogen-bond acceptors (Lipinski definition) is 9. The first kappa shape index (κ1) is 35.6. The Morgan fingerprint density at radius 2 is 1.71 bits per heavy atom. The summed E-state index contributed by atoms with van der Waals surface area (Å²) in [7, 11) is 0. The van der Waals surface area contributed by atoms with Gasteiger partial charge in [-0.1, -0.05) is 39.2 Å². The van der Waals surface area contributed by atoms with Crippen LogP contribution in [0.4, 0.5) is 0 Å². The summed E-state index contributed by atoms with van der Waals surface area (Å²) < 4.78 is 6.23. The summed E-state index contributed by atoms with van der Waals surface area (Å²) in [4.78, 5) is 14.1. The second kappa shape index (κ2) is 12.2. The Bertz CT molecular complexity index is 1410. The minimum absolute atomic E-state index is 0.0758. The fraction of sp³-hybridized carbons (Fsp3) is 0.825. The number of nitrogens with two attached hydrogens (primary N) is 1. The van der Waals surface area contributed by atoms with Crippen LogP contribution in [0.25, 0.3) is 0 Å². The van der Waals surface area contributed by atoms with Gasteiger partial charge in [-0.15, -0.1) is 0 Å². The highest BCUT2D eigenvalue weighted by molar-refractivity contribution is 5.95. The first-order valence-electron chi connectivity index (χ1n) is 19.3. The number of aliphatic hydroxyl groups excluding tert-OH is 2. The highest BCUT2D eigenvalue weighted by Crippen LogP contribution is 2.71. The second-order valence-corrected chi connectivity index (χ2v) is 18.2. The van der Waals surface area contributed by atoms with Gasteiger partial charge in [-0.3, -0.25) is 4.79 Å². The number of ether oxygens (including phenoxy) is 1. The number of rotatable bonds is 9. The molecule has 1 saturated heterocycles. The normalized spacial score (nSPS) is 44.4. The van der Waals surface area contributed by atoms with Crippen LogP contribution in [-0.4, -0.2) is 79.6 Å². The number of ketones is 1. The summed E-state index contributed by atoms with van der Waals surface area (Å²) in [5.74, 6) is 0.691. The van der Waals surface area contributed by atoms with Gasteiger partial charge in [0.2, 0.25) is 0 Å². The van der Waals surface area contributed by atoms with Crippen molar-refractivity contribution in [2.45, 2.75) is 153 Å². The molecule has 5 fully saturated rings. The van der Waals surface area contributed by atoms with Gasteiger partial charge in [0.1, 0.15) is 12.2 Å². The number of fused-ring (bicyclic) bond motifs is 5. The molecule has 274 valence electrons. The Morgan fingerprint density at radius 3 is 2.41 bits per heavy atom. The van der Waals surface area contributed by atoms with Crippen molar-refractivity contribution in [3.63, 3.8) is 0 Å². The van der Waals surface area contributed by atoms with Crippen LogP contribution in [0.2, 0.25) is 0 Å². The maximum atomic E-state index is 14.1. The molecule has 8 N–H and O–H groups in total. The SMILES string of the molecule is C[C@@](O)([C@H]1CC[C@@]2(O)C3=CC(=O)[C@@H]4C[C@@H](O)CC[C@]4(C4CCCCC4)[C@H]3CC[C@]12C)[C@H]1O[C@@H]1[C@](C)(O)[C@](C)(CO)CCC1=CCNC(N)=C1. The molecule has 0 radical (unpaired) electrons. The first-order valence-corrected chi connectivity index (χ1v) is 19.3. The maximum absolute atomic E-state index is 14.1. The fourth-order valence-corrected chi connectivity index (χ4v) is 12.6. The minimum Gasteiger partial charge on any atom is -0.396 e. The Kier molecular flexibility index (Phi) is 8.85. The summed E-state index contributed by atoms with van der Waals surface area (Å²) in [6.07, 6.45) is 15.6. The number of carbonyl (C=O) groups excluding carboxylic acids is 1. The number of nitrogens with one attached hydrogen (secondary N) is 1. The van der Waals surface area contributed by atoms with Gasteiger partial charge in [0.25, 0.3) is 0 Å². The summed E-state index contributed by atoms with van der Waals surface area (Å²) in [5, 5.41) is 61.9. The minimum atomic E-state index is -1.43. The molecule has 12 atom stereocenters. The van der Waals surface area contributed by atoms with Crippen molar-refractivity contribution in [2.24, 2.45) is 45.7 Å². The van der Waals surface area contributed by atoms with Gasteiger partial charge in [-0.25, -0.2) is 0 Å². The standard InChI is InChI=1S/C40H62N2O7/c1-35(23-43,15-10-24-14-19-42-32(41)20-24)38(4,47)34-33(49-34)37(3,46)31-13-18-40(48)28-22-30(45)29-21-26(44)11-17-39(29,25-8-6-5-7-9-25)27(28)12-16-36(31,40)2/h14,20,22,25-27,29,31,33-34,42-44,46-48H,5-13,15-19,21,23,41H2,1-4H3/t26-,27-,29-,31-,33-,34-,35-,36+,37+,38-,39-,40+/m0/s1. The zero-order valence-corrected chi connectivity index (χ0v) is 30.2. The van der Waals surface area contributed by atoms with Crippen molar-refractivity contribution in [2.75, 3.05) is 13.2 Å².